The van der Waals surface area contributed by atoms with Gasteiger partial charge in [0, 0.05) is 13.5 Å². The van der Waals surface area contributed by atoms with Crippen LogP contribution in [0.15, 0.2) is 72.8 Å². The molecule has 0 aliphatic heterocycles. The summed E-state index contributed by atoms with van der Waals surface area (Å²) in [5.41, 5.74) is 3.35. The quantitative estimate of drug-likeness (QED) is 0.435. The molecule has 0 heterocycles. The molecule has 3 heteroatoms. The average molecular weight is 386 g/mol. The Balaban J connectivity index is 1.45. The smallest absolute Gasteiger partial charge is 0.119 e. The van der Waals surface area contributed by atoms with Gasteiger partial charge in [-0.15, -0.1) is 0 Å². The van der Waals surface area contributed by atoms with Gasteiger partial charge in [0.05, 0.1) is 19.3 Å². The molecule has 1 unspecified atom stereocenters. The number of aliphatic hydroxyl groups excluding tert-OH is 1. The minimum Gasteiger partial charge on any atom is -0.493 e. The van der Waals surface area contributed by atoms with Crippen molar-refractivity contribution in [2.45, 2.75) is 26.1 Å². The Kier molecular flexibility index (Phi) is 5.79. The van der Waals surface area contributed by atoms with Crippen LogP contribution in [0.1, 0.15) is 29.7 Å². The highest BCUT2D eigenvalue weighted by atomic mass is 16.5. The molecule has 0 saturated heterocycles. The fraction of sp³-hybridized carbons (Fsp3) is 0.231. The topological polar surface area (TPSA) is 38.7 Å². The fourth-order valence-electron chi connectivity index (χ4n) is 3.64. The van der Waals surface area contributed by atoms with Crippen LogP contribution in [0.3, 0.4) is 0 Å². The molecule has 4 aromatic carbocycles. The van der Waals surface area contributed by atoms with Gasteiger partial charge >= 0.3 is 0 Å². The van der Waals surface area contributed by atoms with Crippen molar-refractivity contribution in [2.24, 2.45) is 0 Å². The van der Waals surface area contributed by atoms with Crippen LogP contribution < -0.4 is 4.74 Å². The Bertz CT molecular complexity index is 1130. The number of fused-ring (bicyclic) bond motifs is 2. The highest BCUT2D eigenvalue weighted by Gasteiger charge is 2.04. The molecule has 0 spiro atoms. The van der Waals surface area contributed by atoms with E-state index in [9.17, 15) is 5.11 Å². The van der Waals surface area contributed by atoms with E-state index < -0.39 is 6.10 Å². The third kappa shape index (κ3) is 4.58. The lowest BCUT2D eigenvalue weighted by molar-refractivity contribution is 0.185. The molecule has 0 bridgehead atoms. The monoisotopic (exact) mass is 386 g/mol. The summed E-state index contributed by atoms with van der Waals surface area (Å²) in [5, 5.41) is 14.5. The SMILES string of the molecule is COCc1ccc2ccc(CCOc3ccc4ccc(C(C)O)cc4c3)cc2c1. The lowest BCUT2D eigenvalue weighted by Crippen LogP contribution is -2.01. The molecule has 1 N–H and O–H groups in total. The van der Waals surface area contributed by atoms with Gasteiger partial charge in [0.25, 0.3) is 0 Å². The molecular formula is C26H26O3. The van der Waals surface area contributed by atoms with Gasteiger partial charge in [0.15, 0.2) is 0 Å². The Morgan fingerprint density at radius 2 is 1.41 bits per heavy atom. The minimum absolute atomic E-state index is 0.471. The first-order chi connectivity index (χ1) is 14.1. The van der Waals surface area contributed by atoms with Gasteiger partial charge in [-0.25, -0.2) is 0 Å². The standard InChI is InChI=1S/C26H26O3/c1-18(27)23-8-7-22-9-10-26(16-25(22)15-23)29-12-11-19-3-5-21-6-4-20(17-28-2)14-24(21)13-19/h3-10,13-16,18,27H,11-12,17H2,1-2H3. The number of ether oxygens (including phenoxy) is 2. The maximum absolute atomic E-state index is 9.80. The number of methoxy groups -OCH3 is 1. The first-order valence-electron chi connectivity index (χ1n) is 9.97. The van der Waals surface area contributed by atoms with Crippen LogP contribution in [0.5, 0.6) is 5.75 Å². The maximum Gasteiger partial charge on any atom is 0.119 e. The molecule has 1 atom stereocenters. The van der Waals surface area contributed by atoms with Gasteiger partial charge in [-0.3, -0.25) is 0 Å². The number of rotatable bonds is 7. The van der Waals surface area contributed by atoms with E-state index in [1.54, 1.807) is 14.0 Å². The molecular weight excluding hydrogens is 360 g/mol. The van der Waals surface area contributed by atoms with Gasteiger partial charge in [0.2, 0.25) is 0 Å². The van der Waals surface area contributed by atoms with Crippen molar-refractivity contribution in [2.75, 3.05) is 13.7 Å². The van der Waals surface area contributed by atoms with Crippen LogP contribution in [0, 0.1) is 0 Å². The second kappa shape index (κ2) is 8.64. The summed E-state index contributed by atoms with van der Waals surface area (Å²) in [7, 11) is 1.72. The first kappa shape index (κ1) is 19.4. The number of aliphatic hydroxyl groups is 1. The van der Waals surface area contributed by atoms with Gasteiger partial charge in [0.1, 0.15) is 5.75 Å². The Morgan fingerprint density at radius 3 is 2.17 bits per heavy atom. The number of hydrogen-bond donors (Lipinski definition) is 1. The summed E-state index contributed by atoms with van der Waals surface area (Å²) in [5.74, 6) is 0.850. The minimum atomic E-state index is -0.471. The summed E-state index contributed by atoms with van der Waals surface area (Å²) in [6.45, 7) is 3.02. The average Bonchev–Trinajstić information content (AvgIpc) is 2.73. The van der Waals surface area contributed by atoms with E-state index in [2.05, 4.69) is 42.5 Å². The van der Waals surface area contributed by atoms with Crippen LogP contribution in [0.4, 0.5) is 0 Å². The third-order valence-corrected chi connectivity index (χ3v) is 5.26. The van der Waals surface area contributed by atoms with Crippen LogP contribution >= 0.6 is 0 Å². The summed E-state index contributed by atoms with van der Waals surface area (Å²) in [6.07, 6.45) is 0.372. The number of hydrogen-bond acceptors (Lipinski definition) is 3. The van der Waals surface area contributed by atoms with E-state index >= 15 is 0 Å². The van der Waals surface area contributed by atoms with E-state index in [0.29, 0.717) is 13.2 Å². The molecule has 29 heavy (non-hydrogen) atoms. The molecule has 3 nitrogen and oxygen atoms in total. The highest BCUT2D eigenvalue weighted by Crippen LogP contribution is 2.25. The van der Waals surface area contributed by atoms with Crippen molar-refractivity contribution < 1.29 is 14.6 Å². The molecule has 4 aromatic rings. The second-order valence-electron chi connectivity index (χ2n) is 7.49. The first-order valence-corrected chi connectivity index (χ1v) is 9.97. The summed E-state index contributed by atoms with van der Waals surface area (Å²) in [6, 6.07) is 25.1. The van der Waals surface area contributed by atoms with Gasteiger partial charge in [-0.1, -0.05) is 48.5 Å². The van der Waals surface area contributed by atoms with Crippen LogP contribution in [-0.2, 0) is 17.8 Å². The van der Waals surface area contributed by atoms with Gasteiger partial charge in [-0.2, -0.15) is 0 Å². The molecule has 0 amide bonds. The molecule has 4 rings (SSSR count). The lowest BCUT2D eigenvalue weighted by Gasteiger charge is -2.10. The van der Waals surface area contributed by atoms with Crippen molar-refractivity contribution in [3.8, 4) is 5.75 Å². The molecule has 148 valence electrons. The fourth-order valence-corrected chi connectivity index (χ4v) is 3.64. The van der Waals surface area contributed by atoms with E-state index in [0.717, 1.165) is 28.5 Å². The summed E-state index contributed by atoms with van der Waals surface area (Å²) in [4.78, 5) is 0. The Labute approximate surface area is 171 Å². The van der Waals surface area contributed by atoms with Crippen LogP contribution in [0.25, 0.3) is 21.5 Å². The van der Waals surface area contributed by atoms with E-state index in [1.165, 1.54) is 21.9 Å². The van der Waals surface area contributed by atoms with Crippen molar-refractivity contribution in [3.05, 3.63) is 89.5 Å². The third-order valence-electron chi connectivity index (χ3n) is 5.26. The largest absolute Gasteiger partial charge is 0.493 e. The second-order valence-corrected chi connectivity index (χ2v) is 7.49. The molecule has 0 aromatic heterocycles. The zero-order valence-corrected chi connectivity index (χ0v) is 16.9. The number of benzene rings is 4. The molecule has 0 aliphatic rings. The van der Waals surface area contributed by atoms with Crippen LogP contribution in [-0.4, -0.2) is 18.8 Å². The van der Waals surface area contributed by atoms with Crippen molar-refractivity contribution in [1.29, 1.82) is 0 Å². The predicted molar refractivity (Wildman–Crippen MR) is 118 cm³/mol. The van der Waals surface area contributed by atoms with Crippen molar-refractivity contribution in [1.82, 2.24) is 0 Å². The van der Waals surface area contributed by atoms with E-state index in [4.69, 9.17) is 9.47 Å². The van der Waals surface area contributed by atoms with E-state index in [1.807, 2.05) is 30.3 Å². The highest BCUT2D eigenvalue weighted by molar-refractivity contribution is 5.85. The molecule has 0 radical (unpaired) electrons. The Hall–Kier alpha value is -2.88. The summed E-state index contributed by atoms with van der Waals surface area (Å²) >= 11 is 0. The lowest BCUT2D eigenvalue weighted by atomic mass is 10.0. The zero-order chi connectivity index (χ0) is 20.2. The summed E-state index contributed by atoms with van der Waals surface area (Å²) < 4.78 is 11.2. The zero-order valence-electron chi connectivity index (χ0n) is 16.9. The van der Waals surface area contributed by atoms with Gasteiger partial charge < -0.3 is 14.6 Å². The maximum atomic E-state index is 9.80. The molecule has 0 fully saturated rings. The molecule has 0 aliphatic carbocycles. The normalized spacial score (nSPS) is 12.4. The van der Waals surface area contributed by atoms with Crippen molar-refractivity contribution in [3.63, 3.8) is 0 Å². The van der Waals surface area contributed by atoms with Crippen molar-refractivity contribution >= 4 is 21.5 Å². The van der Waals surface area contributed by atoms with Gasteiger partial charge in [-0.05, 0) is 69.4 Å². The van der Waals surface area contributed by atoms with E-state index in [-0.39, 0.29) is 0 Å². The van der Waals surface area contributed by atoms with Crippen LogP contribution in [0.2, 0.25) is 0 Å². The Morgan fingerprint density at radius 1 is 0.759 bits per heavy atom. The molecule has 0 saturated carbocycles. The predicted octanol–water partition coefficient (Wildman–Crippen LogP) is 5.81.